The van der Waals surface area contributed by atoms with Gasteiger partial charge in [-0.1, -0.05) is 19.8 Å². The predicted molar refractivity (Wildman–Crippen MR) is 75.3 cm³/mol. The average Bonchev–Trinajstić information content (AvgIpc) is 3.03. The molecule has 1 heterocycles. The van der Waals surface area contributed by atoms with E-state index in [0.29, 0.717) is 24.6 Å². The van der Waals surface area contributed by atoms with E-state index >= 15 is 0 Å². The van der Waals surface area contributed by atoms with E-state index < -0.39 is 15.0 Å². The highest BCUT2D eigenvalue weighted by atomic mass is 35.7. The van der Waals surface area contributed by atoms with Gasteiger partial charge in [-0.05, 0) is 25.2 Å². The van der Waals surface area contributed by atoms with Crippen LogP contribution in [0, 0.1) is 5.92 Å². The topological polar surface area (TPSA) is 91.9 Å². The molecule has 1 saturated carbocycles. The van der Waals surface area contributed by atoms with Crippen molar-refractivity contribution in [1.82, 2.24) is 15.5 Å². The molecule has 1 aromatic heterocycles. The van der Waals surface area contributed by atoms with Crippen LogP contribution < -0.4 is 5.32 Å². The van der Waals surface area contributed by atoms with Gasteiger partial charge in [0.05, 0.1) is 5.69 Å². The van der Waals surface area contributed by atoms with Crippen molar-refractivity contribution in [2.45, 2.75) is 43.9 Å². The van der Waals surface area contributed by atoms with Crippen LogP contribution >= 0.6 is 10.7 Å². The Bertz CT molecular complexity index is 591. The molecule has 8 heteroatoms. The van der Waals surface area contributed by atoms with Crippen LogP contribution in [0.4, 0.5) is 0 Å². The van der Waals surface area contributed by atoms with Crippen molar-refractivity contribution in [2.75, 3.05) is 6.54 Å². The van der Waals surface area contributed by atoms with Crippen LogP contribution in [-0.4, -0.2) is 31.1 Å². The SMILES string of the molecule is CCc1[nH]nc(C(=O)NCC2CCCC2)c1S(=O)(=O)Cl. The molecule has 0 atom stereocenters. The van der Waals surface area contributed by atoms with Gasteiger partial charge in [-0.2, -0.15) is 5.10 Å². The molecule has 1 fully saturated rings. The number of aromatic amines is 1. The van der Waals surface area contributed by atoms with Crippen LogP contribution in [0.3, 0.4) is 0 Å². The fraction of sp³-hybridized carbons (Fsp3) is 0.667. The van der Waals surface area contributed by atoms with Crippen molar-refractivity contribution in [1.29, 1.82) is 0 Å². The molecule has 2 rings (SSSR count). The molecule has 0 aromatic carbocycles. The summed E-state index contributed by atoms with van der Waals surface area (Å²) in [5.74, 6) is -0.0216. The summed E-state index contributed by atoms with van der Waals surface area (Å²) in [7, 11) is 1.39. The number of hydrogen-bond acceptors (Lipinski definition) is 4. The minimum absolute atomic E-state index is 0.144. The zero-order chi connectivity index (χ0) is 14.8. The van der Waals surface area contributed by atoms with Gasteiger partial charge >= 0.3 is 0 Å². The third-order valence-electron chi connectivity index (χ3n) is 3.63. The second-order valence-corrected chi connectivity index (χ2v) is 7.53. The summed E-state index contributed by atoms with van der Waals surface area (Å²) in [5, 5.41) is 9.11. The Morgan fingerprint density at radius 2 is 2.10 bits per heavy atom. The van der Waals surface area contributed by atoms with Gasteiger partial charge in [0.15, 0.2) is 5.69 Å². The first-order valence-electron chi connectivity index (χ1n) is 6.73. The van der Waals surface area contributed by atoms with Gasteiger partial charge < -0.3 is 5.32 Å². The van der Waals surface area contributed by atoms with E-state index in [2.05, 4.69) is 15.5 Å². The summed E-state index contributed by atoms with van der Waals surface area (Å²) in [6.45, 7) is 2.31. The molecule has 1 amide bonds. The van der Waals surface area contributed by atoms with Gasteiger partial charge in [0.2, 0.25) is 0 Å². The van der Waals surface area contributed by atoms with E-state index in [9.17, 15) is 13.2 Å². The number of H-pyrrole nitrogens is 1. The monoisotopic (exact) mass is 319 g/mol. The Morgan fingerprint density at radius 3 is 2.65 bits per heavy atom. The molecule has 0 radical (unpaired) electrons. The number of aryl methyl sites for hydroxylation is 1. The number of hydrogen-bond donors (Lipinski definition) is 2. The van der Waals surface area contributed by atoms with Gasteiger partial charge in [0.25, 0.3) is 15.0 Å². The first-order chi connectivity index (χ1) is 9.43. The van der Waals surface area contributed by atoms with Crippen molar-refractivity contribution in [2.24, 2.45) is 5.92 Å². The summed E-state index contributed by atoms with van der Waals surface area (Å²) in [4.78, 5) is 11.9. The fourth-order valence-electron chi connectivity index (χ4n) is 2.56. The van der Waals surface area contributed by atoms with Gasteiger partial charge in [0, 0.05) is 17.2 Å². The van der Waals surface area contributed by atoms with Crippen molar-refractivity contribution >= 4 is 25.6 Å². The van der Waals surface area contributed by atoms with E-state index in [-0.39, 0.29) is 10.6 Å². The number of halogens is 1. The zero-order valence-electron chi connectivity index (χ0n) is 11.3. The van der Waals surface area contributed by atoms with Crippen molar-refractivity contribution in [3.8, 4) is 0 Å². The number of nitrogens with zero attached hydrogens (tertiary/aromatic N) is 1. The molecule has 1 aliphatic rings. The van der Waals surface area contributed by atoms with Gasteiger partial charge in [-0.3, -0.25) is 9.89 Å². The first-order valence-corrected chi connectivity index (χ1v) is 9.04. The fourth-order valence-corrected chi connectivity index (χ4v) is 3.91. The maximum atomic E-state index is 12.1. The number of aromatic nitrogens is 2. The largest absolute Gasteiger partial charge is 0.350 e. The Kier molecular flexibility index (Phi) is 4.70. The van der Waals surface area contributed by atoms with Gasteiger partial charge in [-0.15, -0.1) is 0 Å². The van der Waals surface area contributed by atoms with Crippen molar-refractivity contribution < 1.29 is 13.2 Å². The number of nitrogens with one attached hydrogen (secondary N) is 2. The minimum atomic E-state index is -4.00. The van der Waals surface area contributed by atoms with Crippen LogP contribution in [0.2, 0.25) is 0 Å². The molecular formula is C12H18ClN3O3S. The van der Waals surface area contributed by atoms with E-state index in [1.54, 1.807) is 6.92 Å². The van der Waals surface area contributed by atoms with Crippen molar-refractivity contribution in [3.63, 3.8) is 0 Å². The second kappa shape index (κ2) is 6.13. The molecule has 0 bridgehead atoms. The van der Waals surface area contributed by atoms with Crippen LogP contribution in [-0.2, 0) is 15.5 Å². The van der Waals surface area contributed by atoms with E-state index in [1.807, 2.05) is 0 Å². The van der Waals surface area contributed by atoms with Crippen molar-refractivity contribution in [3.05, 3.63) is 11.4 Å². The lowest BCUT2D eigenvalue weighted by atomic mass is 10.1. The molecular weight excluding hydrogens is 302 g/mol. The van der Waals surface area contributed by atoms with Gasteiger partial charge in [-0.25, -0.2) is 8.42 Å². The summed E-state index contributed by atoms with van der Waals surface area (Å²) >= 11 is 0. The molecule has 112 valence electrons. The number of rotatable bonds is 5. The lowest BCUT2D eigenvalue weighted by molar-refractivity contribution is 0.0939. The van der Waals surface area contributed by atoms with Crippen LogP contribution in [0.25, 0.3) is 0 Å². The Labute approximate surface area is 122 Å². The summed E-state index contributed by atoms with van der Waals surface area (Å²) < 4.78 is 23.2. The molecule has 0 aliphatic heterocycles. The number of carbonyl (C=O) groups excluding carboxylic acids is 1. The third-order valence-corrected chi connectivity index (χ3v) is 5.02. The smallest absolute Gasteiger partial charge is 0.273 e. The molecule has 2 N–H and O–H groups in total. The standard InChI is InChI=1S/C12H18ClN3O3S/c1-2-9-11(20(13,18)19)10(16-15-9)12(17)14-7-8-5-3-4-6-8/h8H,2-7H2,1H3,(H,14,17)(H,15,16). The maximum Gasteiger partial charge on any atom is 0.273 e. The molecule has 0 saturated heterocycles. The highest BCUT2D eigenvalue weighted by molar-refractivity contribution is 8.13. The maximum absolute atomic E-state index is 12.1. The van der Waals surface area contributed by atoms with Gasteiger partial charge in [0.1, 0.15) is 4.90 Å². The highest BCUT2D eigenvalue weighted by Gasteiger charge is 2.28. The minimum Gasteiger partial charge on any atom is -0.350 e. The molecule has 1 aliphatic carbocycles. The lowest BCUT2D eigenvalue weighted by Gasteiger charge is -2.09. The van der Waals surface area contributed by atoms with E-state index in [0.717, 1.165) is 12.8 Å². The zero-order valence-corrected chi connectivity index (χ0v) is 12.9. The summed E-state index contributed by atoms with van der Waals surface area (Å²) in [6.07, 6.45) is 4.97. The Balaban J connectivity index is 2.15. The van der Waals surface area contributed by atoms with Crippen LogP contribution in [0.1, 0.15) is 48.8 Å². The Morgan fingerprint density at radius 1 is 1.45 bits per heavy atom. The molecule has 0 spiro atoms. The van der Waals surface area contributed by atoms with E-state index in [4.69, 9.17) is 10.7 Å². The summed E-state index contributed by atoms with van der Waals surface area (Å²) in [5.41, 5.74) is 0.209. The number of amides is 1. The average molecular weight is 320 g/mol. The van der Waals surface area contributed by atoms with Crippen LogP contribution in [0.5, 0.6) is 0 Å². The lowest BCUT2D eigenvalue weighted by Crippen LogP contribution is -2.29. The Hall–Kier alpha value is -1.08. The first kappa shape index (κ1) is 15.3. The highest BCUT2D eigenvalue weighted by Crippen LogP contribution is 2.25. The molecule has 1 aromatic rings. The third kappa shape index (κ3) is 3.32. The quantitative estimate of drug-likeness (QED) is 0.810. The predicted octanol–water partition coefficient (Wildman–Crippen LogP) is 1.82. The molecule has 20 heavy (non-hydrogen) atoms. The normalized spacial score (nSPS) is 16.5. The van der Waals surface area contributed by atoms with Crippen LogP contribution in [0.15, 0.2) is 4.90 Å². The second-order valence-electron chi connectivity index (χ2n) is 5.03. The molecule has 6 nitrogen and oxygen atoms in total. The molecule has 0 unspecified atom stereocenters. The number of carbonyl (C=O) groups is 1. The summed E-state index contributed by atoms with van der Waals surface area (Å²) in [6, 6.07) is 0. The van der Waals surface area contributed by atoms with E-state index in [1.165, 1.54) is 12.8 Å².